The third-order valence-corrected chi connectivity index (χ3v) is 3.31. The summed E-state index contributed by atoms with van der Waals surface area (Å²) in [5, 5.41) is 2.92. The molecule has 1 N–H and O–H groups in total. The van der Waals surface area contributed by atoms with Gasteiger partial charge in [0, 0.05) is 0 Å². The number of carbonyl (C=O) groups excluding carboxylic acids is 1. The Morgan fingerprint density at radius 1 is 1.58 bits per heavy atom. The van der Waals surface area contributed by atoms with Gasteiger partial charge in [-0.15, -0.1) is 0 Å². The lowest BCUT2D eigenvalue weighted by atomic mass is 9.86. The topological polar surface area (TPSA) is 47.6 Å². The minimum atomic E-state index is -0.328. The summed E-state index contributed by atoms with van der Waals surface area (Å²) in [6.45, 7) is 2.30. The smallest absolute Gasteiger partial charge is 0.229 e. The predicted octanol–water partition coefficient (Wildman–Crippen LogP) is -0.364. The van der Waals surface area contributed by atoms with Crippen molar-refractivity contribution in [3.05, 3.63) is 0 Å². The Balaban J connectivity index is 2.03. The first-order valence-corrected chi connectivity index (χ1v) is 4.26. The Kier molecular flexibility index (Phi) is 1.04. The molecule has 1 aliphatic carbocycles. The van der Waals surface area contributed by atoms with Crippen molar-refractivity contribution in [3.8, 4) is 0 Å². The van der Waals surface area contributed by atoms with Crippen LogP contribution < -0.4 is 5.32 Å². The fraction of sp³-hybridized carbons (Fsp3) is 0.875. The average Bonchev–Trinajstić information content (AvgIpc) is 2.60. The predicted molar refractivity (Wildman–Crippen MR) is 39.3 cm³/mol. The van der Waals surface area contributed by atoms with Crippen molar-refractivity contribution in [2.24, 2.45) is 5.41 Å². The fourth-order valence-corrected chi connectivity index (χ4v) is 2.62. The molecule has 4 unspecified atom stereocenters. The number of ether oxygens (including phenoxy) is 2. The molecule has 2 heterocycles. The first-order chi connectivity index (χ1) is 5.72. The molecular formula is C8H11NO3. The molecule has 2 bridgehead atoms. The molecule has 0 aromatic carbocycles. The molecule has 0 radical (unpaired) electrons. The first-order valence-electron chi connectivity index (χ1n) is 4.26. The maximum absolute atomic E-state index is 11.5. The number of amides is 1. The van der Waals surface area contributed by atoms with Crippen LogP contribution in [0.25, 0.3) is 0 Å². The largest absolute Gasteiger partial charge is 0.350 e. The van der Waals surface area contributed by atoms with Crippen molar-refractivity contribution < 1.29 is 14.3 Å². The van der Waals surface area contributed by atoms with Gasteiger partial charge in [0.2, 0.25) is 5.91 Å². The number of piperidine rings is 1. The number of fused-ring (bicyclic) bond motifs is 5. The molecule has 66 valence electrons. The van der Waals surface area contributed by atoms with E-state index in [4.69, 9.17) is 9.47 Å². The normalized spacial score (nSPS) is 55.8. The molecule has 0 spiro atoms. The average molecular weight is 169 g/mol. The monoisotopic (exact) mass is 169 g/mol. The second kappa shape index (κ2) is 1.83. The van der Waals surface area contributed by atoms with E-state index >= 15 is 0 Å². The second-order valence-corrected chi connectivity index (χ2v) is 4.04. The van der Waals surface area contributed by atoms with Crippen molar-refractivity contribution in [3.63, 3.8) is 0 Å². The first kappa shape index (κ1) is 6.86. The van der Waals surface area contributed by atoms with Crippen molar-refractivity contribution in [2.45, 2.75) is 31.6 Å². The van der Waals surface area contributed by atoms with Gasteiger partial charge in [-0.1, -0.05) is 0 Å². The molecular weight excluding hydrogens is 158 g/mol. The van der Waals surface area contributed by atoms with Gasteiger partial charge in [-0.3, -0.25) is 4.79 Å². The minimum absolute atomic E-state index is 0.00347. The standard InChI is InChI=1S/C8H11NO3/c1-8-2-4(9-7(8)10)5-6(8)12-3-11-5/h4-6H,2-3H2,1H3,(H,9,10). The summed E-state index contributed by atoms with van der Waals surface area (Å²) in [5.74, 6) is 0.124. The van der Waals surface area contributed by atoms with Crippen LogP contribution in [0.5, 0.6) is 0 Å². The van der Waals surface area contributed by atoms with Gasteiger partial charge in [-0.2, -0.15) is 0 Å². The molecule has 2 aliphatic heterocycles. The van der Waals surface area contributed by atoms with Crippen LogP contribution in [0.15, 0.2) is 0 Å². The summed E-state index contributed by atoms with van der Waals surface area (Å²) in [6.07, 6.45) is 0.963. The highest BCUT2D eigenvalue weighted by atomic mass is 16.7. The summed E-state index contributed by atoms with van der Waals surface area (Å²) < 4.78 is 10.8. The molecule has 4 nitrogen and oxygen atoms in total. The molecule has 3 rings (SSSR count). The molecule has 3 fully saturated rings. The number of carbonyl (C=O) groups is 1. The molecule has 12 heavy (non-hydrogen) atoms. The van der Waals surface area contributed by atoms with Crippen LogP contribution in [0.4, 0.5) is 0 Å². The van der Waals surface area contributed by atoms with E-state index in [0.717, 1.165) is 6.42 Å². The number of rotatable bonds is 0. The van der Waals surface area contributed by atoms with Crippen molar-refractivity contribution in [1.29, 1.82) is 0 Å². The number of hydrogen-bond acceptors (Lipinski definition) is 3. The summed E-state index contributed by atoms with van der Waals surface area (Å²) in [5.41, 5.74) is -0.328. The van der Waals surface area contributed by atoms with Gasteiger partial charge < -0.3 is 14.8 Å². The van der Waals surface area contributed by atoms with Crippen molar-refractivity contribution >= 4 is 5.91 Å². The lowest BCUT2D eigenvalue weighted by molar-refractivity contribution is -0.134. The molecule has 2 saturated heterocycles. The fourth-order valence-electron chi connectivity index (χ4n) is 2.62. The molecule has 0 aromatic heterocycles. The molecule has 3 aliphatic rings. The van der Waals surface area contributed by atoms with Gasteiger partial charge in [0.15, 0.2) is 0 Å². The SMILES string of the molecule is CC12CC(NC1=O)C1OCOC12. The highest BCUT2D eigenvalue weighted by Gasteiger charge is 2.64. The third-order valence-electron chi connectivity index (χ3n) is 3.31. The van der Waals surface area contributed by atoms with Gasteiger partial charge in [0.25, 0.3) is 0 Å². The zero-order valence-electron chi connectivity index (χ0n) is 6.87. The van der Waals surface area contributed by atoms with Crippen LogP contribution in [0.1, 0.15) is 13.3 Å². The number of nitrogens with one attached hydrogen (secondary N) is 1. The molecule has 1 amide bonds. The van der Waals surface area contributed by atoms with E-state index in [9.17, 15) is 4.79 Å². The maximum atomic E-state index is 11.5. The Hall–Kier alpha value is -0.610. The van der Waals surface area contributed by atoms with Gasteiger partial charge in [0.05, 0.1) is 11.5 Å². The summed E-state index contributed by atoms with van der Waals surface area (Å²) in [6, 6.07) is 0.190. The van der Waals surface area contributed by atoms with Gasteiger partial charge >= 0.3 is 0 Å². The van der Waals surface area contributed by atoms with Crippen molar-refractivity contribution in [1.82, 2.24) is 5.32 Å². The lowest BCUT2D eigenvalue weighted by Crippen LogP contribution is -2.51. The van der Waals surface area contributed by atoms with E-state index in [0.29, 0.717) is 6.79 Å². The van der Waals surface area contributed by atoms with Crippen LogP contribution in [0.2, 0.25) is 0 Å². The van der Waals surface area contributed by atoms with Gasteiger partial charge in [-0.25, -0.2) is 0 Å². The van der Waals surface area contributed by atoms with Crippen LogP contribution in [-0.4, -0.2) is 30.9 Å². The Bertz CT molecular complexity index is 255. The Morgan fingerprint density at radius 3 is 3.25 bits per heavy atom. The highest BCUT2D eigenvalue weighted by Crippen LogP contribution is 2.48. The Morgan fingerprint density at radius 2 is 2.42 bits per heavy atom. The second-order valence-electron chi connectivity index (χ2n) is 4.04. The van der Waals surface area contributed by atoms with Crippen LogP contribution in [0.3, 0.4) is 0 Å². The highest BCUT2D eigenvalue weighted by molar-refractivity contribution is 5.87. The van der Waals surface area contributed by atoms with Gasteiger partial charge in [-0.05, 0) is 13.3 Å². The number of hydrogen-bond donors (Lipinski definition) is 1. The molecule has 4 heteroatoms. The van der Waals surface area contributed by atoms with Crippen LogP contribution >= 0.6 is 0 Å². The lowest BCUT2D eigenvalue weighted by Gasteiger charge is -2.28. The zero-order valence-corrected chi connectivity index (χ0v) is 6.87. The molecule has 4 atom stereocenters. The van der Waals surface area contributed by atoms with E-state index in [-0.39, 0.29) is 29.6 Å². The van der Waals surface area contributed by atoms with Gasteiger partial charge in [0.1, 0.15) is 19.0 Å². The quantitative estimate of drug-likeness (QED) is 0.538. The van der Waals surface area contributed by atoms with Crippen molar-refractivity contribution in [2.75, 3.05) is 6.79 Å². The third kappa shape index (κ3) is 0.559. The summed E-state index contributed by atoms with van der Waals surface area (Å²) in [7, 11) is 0. The summed E-state index contributed by atoms with van der Waals surface area (Å²) >= 11 is 0. The molecule has 1 saturated carbocycles. The van der Waals surface area contributed by atoms with E-state index in [1.54, 1.807) is 0 Å². The van der Waals surface area contributed by atoms with E-state index in [1.165, 1.54) is 0 Å². The zero-order chi connectivity index (χ0) is 8.34. The van der Waals surface area contributed by atoms with E-state index in [2.05, 4.69) is 5.32 Å². The minimum Gasteiger partial charge on any atom is -0.350 e. The van der Waals surface area contributed by atoms with Crippen LogP contribution in [-0.2, 0) is 14.3 Å². The Labute approximate surface area is 70.2 Å². The van der Waals surface area contributed by atoms with E-state index in [1.807, 2.05) is 6.92 Å². The molecule has 0 aromatic rings. The van der Waals surface area contributed by atoms with Crippen LogP contribution in [0, 0.1) is 5.41 Å². The summed E-state index contributed by atoms with van der Waals surface area (Å²) in [4.78, 5) is 11.5. The van der Waals surface area contributed by atoms with E-state index < -0.39 is 0 Å². The maximum Gasteiger partial charge on any atom is 0.229 e.